The topological polar surface area (TPSA) is 32.8 Å². The minimum atomic E-state index is -0.726. The van der Waals surface area contributed by atoms with Gasteiger partial charge in [-0.2, -0.15) is 0 Å². The maximum Gasteiger partial charge on any atom is 0.0920 e. The van der Waals surface area contributed by atoms with Crippen LogP contribution in [-0.2, 0) is 4.74 Å². The fourth-order valence-electron chi connectivity index (χ4n) is 4.90. The first-order valence-electron chi connectivity index (χ1n) is 8.89. The molecule has 1 heterocycles. The molecule has 3 aliphatic rings. The zero-order valence-corrected chi connectivity index (χ0v) is 14.9. The van der Waals surface area contributed by atoms with E-state index in [0.717, 1.165) is 5.92 Å². The summed E-state index contributed by atoms with van der Waals surface area (Å²) in [6.45, 7) is 10.7. The number of ether oxygens (including phenoxy) is 1. The van der Waals surface area contributed by atoms with Crippen molar-refractivity contribution in [2.24, 2.45) is 17.3 Å². The Morgan fingerprint density at radius 2 is 1.95 bits per heavy atom. The largest absolute Gasteiger partial charge is 0.386 e. The van der Waals surface area contributed by atoms with Gasteiger partial charge in [0.05, 0.1) is 17.3 Å². The molecule has 0 radical (unpaired) electrons. The van der Waals surface area contributed by atoms with Gasteiger partial charge in [0.25, 0.3) is 0 Å². The first-order valence-corrected chi connectivity index (χ1v) is 8.89. The van der Waals surface area contributed by atoms with E-state index in [4.69, 9.17) is 4.74 Å². The predicted molar refractivity (Wildman–Crippen MR) is 90.6 cm³/mol. The van der Waals surface area contributed by atoms with E-state index in [1.807, 2.05) is 26.0 Å². The van der Waals surface area contributed by atoms with Crippen molar-refractivity contribution in [2.45, 2.75) is 84.0 Å². The lowest BCUT2D eigenvalue weighted by molar-refractivity contribution is 0.133. The third-order valence-electron chi connectivity index (χ3n) is 6.49. The predicted octanol–water partition coefficient (Wildman–Crippen LogP) is 4.63. The minimum Gasteiger partial charge on any atom is -0.386 e. The molecular weight excluding hydrogens is 272 g/mol. The van der Waals surface area contributed by atoms with Crippen LogP contribution in [0.3, 0.4) is 0 Å². The van der Waals surface area contributed by atoms with Crippen LogP contribution in [0.5, 0.6) is 0 Å². The summed E-state index contributed by atoms with van der Waals surface area (Å²) in [6, 6.07) is 0. The molecule has 1 saturated heterocycles. The Morgan fingerprint density at radius 3 is 2.64 bits per heavy atom. The molecule has 2 aliphatic carbocycles. The lowest BCUT2D eigenvalue weighted by Gasteiger charge is -2.33. The van der Waals surface area contributed by atoms with Gasteiger partial charge in [0.15, 0.2) is 0 Å². The molecule has 2 heteroatoms. The Balaban J connectivity index is 1.73. The molecule has 1 aliphatic heterocycles. The molecule has 5 atom stereocenters. The van der Waals surface area contributed by atoms with Gasteiger partial charge < -0.3 is 9.84 Å². The summed E-state index contributed by atoms with van der Waals surface area (Å²) in [5, 5.41) is 9.79. The maximum atomic E-state index is 9.79. The molecule has 2 nitrogen and oxygen atoms in total. The smallest absolute Gasteiger partial charge is 0.0920 e. The van der Waals surface area contributed by atoms with Crippen molar-refractivity contribution < 1.29 is 9.84 Å². The van der Waals surface area contributed by atoms with Crippen LogP contribution in [0.2, 0.25) is 0 Å². The van der Waals surface area contributed by atoms with Gasteiger partial charge in [-0.1, -0.05) is 30.7 Å². The van der Waals surface area contributed by atoms with Gasteiger partial charge in [-0.3, -0.25) is 0 Å². The molecule has 3 rings (SSSR count). The van der Waals surface area contributed by atoms with Crippen LogP contribution in [0.1, 0.15) is 66.7 Å². The number of epoxide rings is 1. The summed E-state index contributed by atoms with van der Waals surface area (Å²) >= 11 is 0. The van der Waals surface area contributed by atoms with Crippen molar-refractivity contribution in [1.29, 1.82) is 0 Å². The van der Waals surface area contributed by atoms with Crippen molar-refractivity contribution in [1.82, 2.24) is 0 Å². The molecule has 0 aromatic rings. The number of rotatable bonds is 3. The zero-order valence-electron chi connectivity index (χ0n) is 14.9. The van der Waals surface area contributed by atoms with Gasteiger partial charge in [-0.05, 0) is 77.0 Å². The first-order chi connectivity index (χ1) is 10.1. The Hall–Kier alpha value is -0.600. The van der Waals surface area contributed by atoms with Crippen molar-refractivity contribution in [3.05, 3.63) is 23.8 Å². The summed E-state index contributed by atoms with van der Waals surface area (Å²) in [5.74, 6) is 1.50. The van der Waals surface area contributed by atoms with Gasteiger partial charge in [-0.15, -0.1) is 0 Å². The van der Waals surface area contributed by atoms with E-state index >= 15 is 0 Å². The van der Waals surface area contributed by atoms with E-state index in [9.17, 15) is 5.11 Å². The molecule has 124 valence electrons. The molecule has 1 N–H and O–H groups in total. The number of allylic oxidation sites excluding steroid dienone is 3. The van der Waals surface area contributed by atoms with Crippen molar-refractivity contribution in [3.8, 4) is 0 Å². The van der Waals surface area contributed by atoms with Crippen molar-refractivity contribution in [2.75, 3.05) is 0 Å². The number of aliphatic hydroxyl groups is 1. The van der Waals surface area contributed by atoms with Crippen molar-refractivity contribution in [3.63, 3.8) is 0 Å². The fourth-order valence-corrected chi connectivity index (χ4v) is 4.90. The SMILES string of the molecule is C/C(=C\C=C\C(C)(C)O)[C@H]1CC[C@@]2(C)C[C@H]3O[C@@]3(C)CCC12. The van der Waals surface area contributed by atoms with E-state index in [1.165, 1.54) is 37.7 Å². The first kappa shape index (κ1) is 16.3. The monoisotopic (exact) mass is 304 g/mol. The lowest BCUT2D eigenvalue weighted by atomic mass is 9.72. The highest BCUT2D eigenvalue weighted by Gasteiger charge is 2.60. The Kier molecular flexibility index (Phi) is 3.85. The Morgan fingerprint density at radius 1 is 1.23 bits per heavy atom. The van der Waals surface area contributed by atoms with Crippen LogP contribution >= 0.6 is 0 Å². The number of hydrogen-bond donors (Lipinski definition) is 1. The molecule has 22 heavy (non-hydrogen) atoms. The lowest BCUT2D eigenvalue weighted by Crippen LogP contribution is -2.26. The molecule has 0 bridgehead atoms. The average Bonchev–Trinajstić information content (AvgIpc) is 2.89. The molecule has 2 saturated carbocycles. The molecule has 3 fully saturated rings. The van der Waals surface area contributed by atoms with E-state index in [2.05, 4.69) is 26.8 Å². The maximum absolute atomic E-state index is 9.79. The molecule has 0 spiro atoms. The minimum absolute atomic E-state index is 0.191. The second kappa shape index (κ2) is 5.21. The summed E-state index contributed by atoms with van der Waals surface area (Å²) in [7, 11) is 0. The zero-order chi connectivity index (χ0) is 16.2. The van der Waals surface area contributed by atoms with Crippen LogP contribution in [0, 0.1) is 17.3 Å². The summed E-state index contributed by atoms with van der Waals surface area (Å²) in [4.78, 5) is 0. The summed E-state index contributed by atoms with van der Waals surface area (Å²) in [6.07, 6.45) is 13.1. The van der Waals surface area contributed by atoms with E-state index in [0.29, 0.717) is 17.4 Å². The van der Waals surface area contributed by atoms with E-state index in [1.54, 1.807) is 0 Å². The van der Waals surface area contributed by atoms with Crippen molar-refractivity contribution >= 4 is 0 Å². The van der Waals surface area contributed by atoms with Gasteiger partial charge in [-0.25, -0.2) is 0 Å². The fraction of sp³-hybridized carbons (Fsp3) is 0.800. The molecule has 0 aromatic heterocycles. The highest BCUT2D eigenvalue weighted by molar-refractivity contribution is 5.20. The van der Waals surface area contributed by atoms with Gasteiger partial charge >= 0.3 is 0 Å². The van der Waals surface area contributed by atoms with E-state index < -0.39 is 5.60 Å². The van der Waals surface area contributed by atoms with Gasteiger partial charge in [0.2, 0.25) is 0 Å². The van der Waals surface area contributed by atoms with Gasteiger partial charge in [0.1, 0.15) is 0 Å². The summed E-state index contributed by atoms with van der Waals surface area (Å²) in [5.41, 5.74) is 1.40. The number of hydrogen-bond acceptors (Lipinski definition) is 2. The second-order valence-corrected chi connectivity index (χ2v) is 8.99. The Labute approximate surface area is 135 Å². The highest BCUT2D eigenvalue weighted by atomic mass is 16.6. The third-order valence-corrected chi connectivity index (χ3v) is 6.49. The summed E-state index contributed by atoms with van der Waals surface area (Å²) < 4.78 is 5.96. The van der Waals surface area contributed by atoms with Crippen LogP contribution in [0.15, 0.2) is 23.8 Å². The molecular formula is C20H32O2. The normalized spacial score (nSPS) is 45.5. The Bertz CT molecular complexity index is 498. The second-order valence-electron chi connectivity index (χ2n) is 8.99. The van der Waals surface area contributed by atoms with Crippen LogP contribution in [-0.4, -0.2) is 22.4 Å². The number of fused-ring (bicyclic) bond motifs is 2. The van der Waals surface area contributed by atoms with Gasteiger partial charge in [0, 0.05) is 0 Å². The quantitative estimate of drug-likeness (QED) is 0.609. The van der Waals surface area contributed by atoms with Crippen LogP contribution < -0.4 is 0 Å². The molecule has 1 unspecified atom stereocenters. The van der Waals surface area contributed by atoms with Crippen LogP contribution in [0.4, 0.5) is 0 Å². The highest BCUT2D eigenvalue weighted by Crippen LogP contribution is 2.61. The standard InChI is InChI=1S/C20H32O2/c1-14(7-6-10-18(2,3)21)15-8-11-19(4)13-17-20(5,22-17)12-9-16(15)19/h6-7,10,15-17,21H,8-9,11-13H2,1-5H3/b10-6+,14-7+/t15-,16?,17-,19+,20+/m1/s1. The molecule has 0 amide bonds. The van der Waals surface area contributed by atoms with E-state index in [-0.39, 0.29) is 5.60 Å². The molecule has 0 aromatic carbocycles. The van der Waals surface area contributed by atoms with Crippen LogP contribution in [0.25, 0.3) is 0 Å². The average molecular weight is 304 g/mol. The third kappa shape index (κ3) is 3.05.